The van der Waals surface area contributed by atoms with Gasteiger partial charge in [-0.3, -0.25) is 9.78 Å². The van der Waals surface area contributed by atoms with Gasteiger partial charge in [-0.15, -0.1) is 0 Å². The molecule has 2 N–H and O–H groups in total. The lowest BCUT2D eigenvalue weighted by molar-refractivity contribution is 0.0864. The Kier molecular flexibility index (Phi) is 5.04. The molecule has 100 valence electrons. The van der Waals surface area contributed by atoms with E-state index in [9.17, 15) is 9.90 Å². The maximum atomic E-state index is 11.7. The van der Waals surface area contributed by atoms with Crippen LogP contribution in [0.4, 0.5) is 0 Å². The Bertz CT molecular complexity index is 418. The van der Waals surface area contributed by atoms with Gasteiger partial charge in [0.25, 0.3) is 5.91 Å². The highest BCUT2D eigenvalue weighted by molar-refractivity contribution is 6.29. The molecular weight excluding hydrogens is 254 g/mol. The molecule has 0 radical (unpaired) electrons. The average molecular weight is 272 g/mol. The molecule has 0 bridgehead atoms. The molecule has 5 nitrogen and oxygen atoms in total. The van der Waals surface area contributed by atoms with E-state index in [1.807, 2.05) is 20.8 Å². The second kappa shape index (κ2) is 6.11. The molecule has 1 heterocycles. The Morgan fingerprint density at radius 2 is 2.17 bits per heavy atom. The molecule has 0 saturated heterocycles. The van der Waals surface area contributed by atoms with Crippen LogP contribution < -0.4 is 5.32 Å². The van der Waals surface area contributed by atoms with Crippen LogP contribution in [0.25, 0.3) is 0 Å². The molecule has 0 aliphatic rings. The molecular formula is C12H18ClN3O2. The predicted molar refractivity (Wildman–Crippen MR) is 69.5 cm³/mol. The van der Waals surface area contributed by atoms with Gasteiger partial charge in [-0.05, 0) is 11.8 Å². The summed E-state index contributed by atoms with van der Waals surface area (Å²) in [6, 6.07) is 0. The van der Waals surface area contributed by atoms with E-state index in [-0.39, 0.29) is 22.8 Å². The fourth-order valence-electron chi connectivity index (χ4n) is 1.53. The van der Waals surface area contributed by atoms with Crippen LogP contribution in [0.3, 0.4) is 0 Å². The summed E-state index contributed by atoms with van der Waals surface area (Å²) < 4.78 is 0. The zero-order valence-corrected chi connectivity index (χ0v) is 11.5. The van der Waals surface area contributed by atoms with Crippen molar-refractivity contribution in [3.8, 4) is 0 Å². The van der Waals surface area contributed by atoms with E-state index in [2.05, 4.69) is 15.3 Å². The molecule has 0 aromatic carbocycles. The Balaban J connectivity index is 2.47. The number of halogens is 1. The summed E-state index contributed by atoms with van der Waals surface area (Å²) in [4.78, 5) is 19.3. The zero-order chi connectivity index (χ0) is 13.8. The first kappa shape index (κ1) is 14.9. The number of aliphatic hydroxyl groups excluding tert-OH is 1. The van der Waals surface area contributed by atoms with E-state index < -0.39 is 12.0 Å². The molecule has 0 aliphatic carbocycles. The van der Waals surface area contributed by atoms with E-state index in [1.165, 1.54) is 12.4 Å². The summed E-state index contributed by atoms with van der Waals surface area (Å²) in [6.07, 6.45) is 2.71. The first-order valence-electron chi connectivity index (χ1n) is 5.72. The number of carbonyl (C=O) groups is 1. The molecule has 0 fully saturated rings. The van der Waals surface area contributed by atoms with E-state index in [0.717, 1.165) is 0 Å². The SMILES string of the molecule is CC(C)(C)CC(O)CNC(=O)c1cncc(Cl)n1. The van der Waals surface area contributed by atoms with E-state index in [1.54, 1.807) is 0 Å². The third-order valence-corrected chi connectivity index (χ3v) is 2.37. The van der Waals surface area contributed by atoms with Gasteiger partial charge in [0.05, 0.1) is 18.5 Å². The molecule has 1 aromatic heterocycles. The third-order valence-electron chi connectivity index (χ3n) is 2.18. The maximum absolute atomic E-state index is 11.7. The highest BCUT2D eigenvalue weighted by Crippen LogP contribution is 2.20. The van der Waals surface area contributed by atoms with Gasteiger partial charge < -0.3 is 10.4 Å². The predicted octanol–water partition coefficient (Wildman–Crippen LogP) is 1.66. The Labute approximate surface area is 112 Å². The van der Waals surface area contributed by atoms with Crippen LogP contribution in [0.15, 0.2) is 12.4 Å². The standard InChI is InChI=1S/C12H18ClN3O2/c1-12(2,3)4-8(17)5-15-11(18)9-6-14-7-10(13)16-9/h6-8,17H,4-5H2,1-3H3,(H,15,18). The monoisotopic (exact) mass is 271 g/mol. The molecule has 1 unspecified atom stereocenters. The van der Waals surface area contributed by atoms with Gasteiger partial charge in [0.1, 0.15) is 10.8 Å². The molecule has 0 spiro atoms. The molecule has 1 aromatic rings. The van der Waals surface area contributed by atoms with Crippen LogP contribution >= 0.6 is 11.6 Å². The molecule has 1 rings (SSSR count). The molecule has 1 amide bonds. The average Bonchev–Trinajstić information content (AvgIpc) is 2.23. The Hall–Kier alpha value is -1.20. The Morgan fingerprint density at radius 3 is 2.72 bits per heavy atom. The van der Waals surface area contributed by atoms with Crippen LogP contribution in [0.1, 0.15) is 37.7 Å². The summed E-state index contributed by atoms with van der Waals surface area (Å²) in [7, 11) is 0. The third kappa shape index (κ3) is 5.42. The van der Waals surface area contributed by atoms with Gasteiger partial charge in [0.2, 0.25) is 0 Å². The summed E-state index contributed by atoms with van der Waals surface area (Å²) in [5, 5.41) is 12.5. The number of rotatable bonds is 4. The van der Waals surface area contributed by atoms with Crippen LogP contribution in [-0.4, -0.2) is 33.6 Å². The number of nitrogens with zero attached hydrogens (tertiary/aromatic N) is 2. The number of hydrogen-bond donors (Lipinski definition) is 2. The van der Waals surface area contributed by atoms with E-state index in [4.69, 9.17) is 11.6 Å². The largest absolute Gasteiger partial charge is 0.391 e. The summed E-state index contributed by atoms with van der Waals surface area (Å²) in [5.74, 6) is -0.391. The first-order valence-corrected chi connectivity index (χ1v) is 6.09. The van der Waals surface area contributed by atoms with Gasteiger partial charge in [-0.1, -0.05) is 32.4 Å². The normalized spacial score (nSPS) is 13.2. The number of aliphatic hydroxyl groups is 1. The fraction of sp³-hybridized carbons (Fsp3) is 0.583. The highest BCUT2D eigenvalue weighted by Gasteiger charge is 2.17. The van der Waals surface area contributed by atoms with Crippen molar-refractivity contribution in [1.82, 2.24) is 15.3 Å². The van der Waals surface area contributed by atoms with Crippen LogP contribution in [0.5, 0.6) is 0 Å². The van der Waals surface area contributed by atoms with E-state index >= 15 is 0 Å². The first-order chi connectivity index (χ1) is 8.28. The summed E-state index contributed by atoms with van der Waals surface area (Å²) >= 11 is 5.64. The van der Waals surface area contributed by atoms with Crippen LogP contribution in [0.2, 0.25) is 5.15 Å². The molecule has 18 heavy (non-hydrogen) atoms. The van der Waals surface area contributed by atoms with Crippen molar-refractivity contribution in [2.75, 3.05) is 6.54 Å². The van der Waals surface area contributed by atoms with Crippen molar-refractivity contribution >= 4 is 17.5 Å². The summed E-state index contributed by atoms with van der Waals surface area (Å²) in [5.41, 5.74) is 0.158. The molecule has 6 heteroatoms. The van der Waals surface area contributed by atoms with Gasteiger partial charge >= 0.3 is 0 Å². The number of aromatic nitrogens is 2. The number of nitrogens with one attached hydrogen (secondary N) is 1. The summed E-state index contributed by atoms with van der Waals surface area (Å²) in [6.45, 7) is 6.27. The second-order valence-electron chi connectivity index (χ2n) is 5.36. The minimum atomic E-state index is -0.582. The van der Waals surface area contributed by atoms with Crippen molar-refractivity contribution in [3.63, 3.8) is 0 Å². The smallest absolute Gasteiger partial charge is 0.271 e. The van der Waals surface area contributed by atoms with Crippen molar-refractivity contribution in [2.45, 2.75) is 33.3 Å². The maximum Gasteiger partial charge on any atom is 0.271 e. The second-order valence-corrected chi connectivity index (χ2v) is 5.74. The minimum Gasteiger partial charge on any atom is -0.391 e. The topological polar surface area (TPSA) is 75.1 Å². The Morgan fingerprint density at radius 1 is 1.50 bits per heavy atom. The minimum absolute atomic E-state index is 0.0139. The molecule has 1 atom stereocenters. The fourth-order valence-corrected chi connectivity index (χ4v) is 1.68. The zero-order valence-electron chi connectivity index (χ0n) is 10.8. The van der Waals surface area contributed by atoms with Gasteiger partial charge in [0.15, 0.2) is 0 Å². The number of amides is 1. The van der Waals surface area contributed by atoms with Gasteiger partial charge in [0, 0.05) is 6.54 Å². The number of carbonyl (C=O) groups excluding carboxylic acids is 1. The lowest BCUT2D eigenvalue weighted by atomic mass is 9.89. The lowest BCUT2D eigenvalue weighted by Gasteiger charge is -2.22. The van der Waals surface area contributed by atoms with Crippen molar-refractivity contribution in [2.24, 2.45) is 5.41 Å². The molecule has 0 aliphatic heterocycles. The quantitative estimate of drug-likeness (QED) is 0.873. The van der Waals surface area contributed by atoms with Crippen molar-refractivity contribution in [3.05, 3.63) is 23.2 Å². The van der Waals surface area contributed by atoms with Crippen LogP contribution in [0, 0.1) is 5.41 Å². The van der Waals surface area contributed by atoms with Crippen LogP contribution in [-0.2, 0) is 0 Å². The van der Waals surface area contributed by atoms with Gasteiger partial charge in [-0.25, -0.2) is 4.98 Å². The highest BCUT2D eigenvalue weighted by atomic mass is 35.5. The van der Waals surface area contributed by atoms with E-state index in [0.29, 0.717) is 6.42 Å². The molecule has 0 saturated carbocycles. The van der Waals surface area contributed by atoms with Crippen molar-refractivity contribution < 1.29 is 9.90 Å². The van der Waals surface area contributed by atoms with Crippen molar-refractivity contribution in [1.29, 1.82) is 0 Å². The lowest BCUT2D eigenvalue weighted by Crippen LogP contribution is -2.34. The van der Waals surface area contributed by atoms with Gasteiger partial charge in [-0.2, -0.15) is 0 Å². The number of hydrogen-bond acceptors (Lipinski definition) is 4.